The molecule has 0 heterocycles. The van der Waals surface area contributed by atoms with Crippen LogP contribution in [-0.4, -0.2) is 6.21 Å². The van der Waals surface area contributed by atoms with E-state index in [9.17, 15) is 0 Å². The average molecular weight is 152 g/mol. The standard InChI is InChI=1S/C9H16N2/c1-3-5-8(7-10)9(11)6-4-2/h5-7,10H,3-4,11H2,1-2H3/b8-5-,9-6+,10-7?. The minimum atomic E-state index is 0.712. The second kappa shape index (κ2) is 5.71. The molecular formula is C9H16N2. The predicted octanol–water partition coefficient (Wildman–Crippen LogP) is 2.22. The van der Waals surface area contributed by atoms with Gasteiger partial charge >= 0.3 is 0 Å². The Morgan fingerprint density at radius 1 is 1.27 bits per heavy atom. The summed E-state index contributed by atoms with van der Waals surface area (Å²) in [5.74, 6) is 0. The molecule has 0 amide bonds. The molecule has 0 rings (SSSR count). The first-order valence-corrected chi connectivity index (χ1v) is 3.92. The normalized spacial score (nSPS) is 13.3. The van der Waals surface area contributed by atoms with Crippen LogP contribution in [0.4, 0.5) is 0 Å². The number of nitrogens with one attached hydrogen (secondary N) is 1. The average Bonchev–Trinajstić information content (AvgIpc) is 2.00. The minimum absolute atomic E-state index is 0.712. The van der Waals surface area contributed by atoms with E-state index in [1.807, 2.05) is 26.0 Å². The van der Waals surface area contributed by atoms with Crippen molar-refractivity contribution < 1.29 is 0 Å². The lowest BCUT2D eigenvalue weighted by Gasteiger charge is -1.99. The van der Waals surface area contributed by atoms with Crippen LogP contribution in [0.1, 0.15) is 26.7 Å². The Bertz CT molecular complexity index is 178. The molecular weight excluding hydrogens is 136 g/mol. The number of rotatable bonds is 4. The van der Waals surface area contributed by atoms with Gasteiger partial charge in [0.05, 0.1) is 0 Å². The van der Waals surface area contributed by atoms with Gasteiger partial charge in [-0.15, -0.1) is 0 Å². The van der Waals surface area contributed by atoms with Crippen molar-refractivity contribution in [2.75, 3.05) is 0 Å². The molecule has 0 atom stereocenters. The topological polar surface area (TPSA) is 49.9 Å². The van der Waals surface area contributed by atoms with Crippen molar-refractivity contribution >= 4 is 6.21 Å². The predicted molar refractivity (Wildman–Crippen MR) is 49.7 cm³/mol. The van der Waals surface area contributed by atoms with Crippen molar-refractivity contribution in [2.45, 2.75) is 26.7 Å². The fourth-order valence-electron chi connectivity index (χ4n) is 0.818. The second-order valence-corrected chi connectivity index (χ2v) is 2.28. The van der Waals surface area contributed by atoms with E-state index in [-0.39, 0.29) is 0 Å². The highest BCUT2D eigenvalue weighted by Gasteiger charge is 1.93. The van der Waals surface area contributed by atoms with Gasteiger partial charge in [0.1, 0.15) is 0 Å². The molecule has 11 heavy (non-hydrogen) atoms. The largest absolute Gasteiger partial charge is 0.398 e. The van der Waals surface area contributed by atoms with Gasteiger partial charge in [-0.2, -0.15) is 0 Å². The Morgan fingerprint density at radius 3 is 2.18 bits per heavy atom. The summed E-state index contributed by atoms with van der Waals surface area (Å²) < 4.78 is 0. The highest BCUT2D eigenvalue weighted by atomic mass is 14.6. The van der Waals surface area contributed by atoms with E-state index >= 15 is 0 Å². The molecule has 0 aromatic heterocycles. The van der Waals surface area contributed by atoms with E-state index < -0.39 is 0 Å². The van der Waals surface area contributed by atoms with Crippen LogP contribution in [0.15, 0.2) is 23.4 Å². The maximum Gasteiger partial charge on any atom is 0.0359 e. The number of hydrogen-bond donors (Lipinski definition) is 2. The van der Waals surface area contributed by atoms with Crippen LogP contribution in [0.3, 0.4) is 0 Å². The molecule has 0 fully saturated rings. The van der Waals surface area contributed by atoms with Gasteiger partial charge < -0.3 is 11.1 Å². The summed E-state index contributed by atoms with van der Waals surface area (Å²) in [6, 6.07) is 0. The molecule has 62 valence electrons. The van der Waals surface area contributed by atoms with Gasteiger partial charge in [0.15, 0.2) is 0 Å². The summed E-state index contributed by atoms with van der Waals surface area (Å²) >= 11 is 0. The van der Waals surface area contributed by atoms with Crippen molar-refractivity contribution in [3.05, 3.63) is 23.4 Å². The second-order valence-electron chi connectivity index (χ2n) is 2.28. The van der Waals surface area contributed by atoms with E-state index in [2.05, 4.69) is 0 Å². The van der Waals surface area contributed by atoms with E-state index in [0.29, 0.717) is 5.70 Å². The zero-order valence-corrected chi connectivity index (χ0v) is 7.22. The van der Waals surface area contributed by atoms with Crippen LogP contribution >= 0.6 is 0 Å². The lowest BCUT2D eigenvalue weighted by Crippen LogP contribution is -2.01. The van der Waals surface area contributed by atoms with Gasteiger partial charge in [-0.1, -0.05) is 26.0 Å². The summed E-state index contributed by atoms with van der Waals surface area (Å²) in [4.78, 5) is 0. The molecule has 0 bridgehead atoms. The summed E-state index contributed by atoms with van der Waals surface area (Å²) in [5.41, 5.74) is 7.21. The first-order chi connectivity index (χ1) is 5.26. The maximum atomic E-state index is 7.06. The quantitative estimate of drug-likeness (QED) is 0.471. The van der Waals surface area contributed by atoms with Crippen LogP contribution in [0.2, 0.25) is 0 Å². The number of nitrogens with two attached hydrogens (primary N) is 1. The van der Waals surface area contributed by atoms with Crippen molar-refractivity contribution in [2.24, 2.45) is 5.73 Å². The lowest BCUT2D eigenvalue weighted by atomic mass is 10.1. The van der Waals surface area contributed by atoms with Gasteiger partial charge in [-0.3, -0.25) is 0 Å². The molecule has 0 unspecified atom stereocenters. The SMILES string of the molecule is CC/C=C(N)\C(C=N)=C/CC. The fourth-order valence-corrected chi connectivity index (χ4v) is 0.818. The van der Waals surface area contributed by atoms with Crippen LogP contribution in [-0.2, 0) is 0 Å². The molecule has 0 saturated heterocycles. The molecule has 0 radical (unpaired) electrons. The van der Waals surface area contributed by atoms with Crippen molar-refractivity contribution in [3.63, 3.8) is 0 Å². The van der Waals surface area contributed by atoms with Gasteiger partial charge in [0.2, 0.25) is 0 Å². The Kier molecular flexibility index (Phi) is 5.17. The summed E-state index contributed by atoms with van der Waals surface area (Å²) in [5, 5.41) is 7.06. The van der Waals surface area contributed by atoms with Crippen LogP contribution < -0.4 is 5.73 Å². The third-order valence-electron chi connectivity index (χ3n) is 1.34. The first-order valence-electron chi connectivity index (χ1n) is 3.92. The van der Waals surface area contributed by atoms with Crippen LogP contribution in [0.5, 0.6) is 0 Å². The molecule has 2 heteroatoms. The maximum absolute atomic E-state index is 7.06. The minimum Gasteiger partial charge on any atom is -0.398 e. The summed E-state index contributed by atoms with van der Waals surface area (Å²) in [7, 11) is 0. The highest BCUT2D eigenvalue weighted by Crippen LogP contribution is 2.02. The molecule has 0 aromatic carbocycles. The molecule has 0 aliphatic heterocycles. The number of hydrogen-bond acceptors (Lipinski definition) is 2. The zero-order valence-electron chi connectivity index (χ0n) is 7.22. The molecule has 0 aliphatic rings. The van der Waals surface area contributed by atoms with E-state index in [1.54, 1.807) is 0 Å². The van der Waals surface area contributed by atoms with E-state index in [4.69, 9.17) is 11.1 Å². The monoisotopic (exact) mass is 152 g/mol. The Labute approximate surface area is 68.3 Å². The Hall–Kier alpha value is -1.05. The fraction of sp³-hybridized carbons (Fsp3) is 0.444. The zero-order chi connectivity index (χ0) is 8.69. The molecule has 0 aromatic rings. The molecule has 0 spiro atoms. The summed E-state index contributed by atoms with van der Waals surface area (Å²) in [6.07, 6.45) is 7.01. The van der Waals surface area contributed by atoms with E-state index in [0.717, 1.165) is 18.4 Å². The van der Waals surface area contributed by atoms with Gasteiger partial charge in [0.25, 0.3) is 0 Å². The smallest absolute Gasteiger partial charge is 0.0359 e. The van der Waals surface area contributed by atoms with Gasteiger partial charge in [-0.05, 0) is 12.8 Å². The van der Waals surface area contributed by atoms with Crippen molar-refractivity contribution in [3.8, 4) is 0 Å². The van der Waals surface area contributed by atoms with Crippen molar-refractivity contribution in [1.82, 2.24) is 0 Å². The lowest BCUT2D eigenvalue weighted by molar-refractivity contribution is 1.16. The molecule has 0 saturated carbocycles. The molecule has 2 nitrogen and oxygen atoms in total. The van der Waals surface area contributed by atoms with Crippen molar-refractivity contribution in [1.29, 1.82) is 5.41 Å². The van der Waals surface area contributed by atoms with Gasteiger partial charge in [-0.25, -0.2) is 0 Å². The Balaban J connectivity index is 4.37. The highest BCUT2D eigenvalue weighted by molar-refractivity contribution is 5.81. The summed E-state index contributed by atoms with van der Waals surface area (Å²) in [6.45, 7) is 4.06. The molecule has 3 N–H and O–H groups in total. The van der Waals surface area contributed by atoms with Crippen LogP contribution in [0.25, 0.3) is 0 Å². The third-order valence-corrected chi connectivity index (χ3v) is 1.34. The third kappa shape index (κ3) is 3.61. The Morgan fingerprint density at radius 2 is 1.82 bits per heavy atom. The van der Waals surface area contributed by atoms with Crippen LogP contribution in [0, 0.1) is 5.41 Å². The van der Waals surface area contributed by atoms with E-state index in [1.165, 1.54) is 6.21 Å². The first kappa shape index (κ1) is 9.95. The van der Waals surface area contributed by atoms with Gasteiger partial charge in [0, 0.05) is 17.5 Å². The molecule has 0 aliphatic carbocycles. The number of allylic oxidation sites excluding steroid dienone is 3.